The lowest BCUT2D eigenvalue weighted by Gasteiger charge is -2.11. The Bertz CT molecular complexity index is 998. The number of aromatic nitrogens is 2. The zero-order chi connectivity index (χ0) is 18.0. The number of pyridine rings is 2. The first-order valence-electron chi connectivity index (χ1n) is 7.66. The Hall–Kier alpha value is -2.70. The summed E-state index contributed by atoms with van der Waals surface area (Å²) in [4.78, 5) is 33.4. The first kappa shape index (κ1) is 17.1. The molecule has 2 N–H and O–H groups in total. The van der Waals surface area contributed by atoms with Gasteiger partial charge in [-0.1, -0.05) is 11.6 Å². The number of rotatable bonds is 4. The van der Waals surface area contributed by atoms with Crippen molar-refractivity contribution in [1.82, 2.24) is 14.9 Å². The molecule has 2 aromatic heterocycles. The van der Waals surface area contributed by atoms with Crippen molar-refractivity contribution in [3.8, 4) is 0 Å². The number of carbonyl (C=O) groups excluding carboxylic acids is 1. The van der Waals surface area contributed by atoms with Gasteiger partial charge in [0.25, 0.3) is 5.91 Å². The summed E-state index contributed by atoms with van der Waals surface area (Å²) in [6, 6.07) is 9.94. The topological polar surface area (TPSA) is 78.1 Å². The number of hydrogen-bond donors (Lipinski definition) is 2. The fourth-order valence-electron chi connectivity index (χ4n) is 2.60. The first-order chi connectivity index (χ1) is 11.9. The summed E-state index contributed by atoms with van der Waals surface area (Å²) in [6.45, 7) is 0.731. The van der Waals surface area contributed by atoms with E-state index in [1.165, 1.54) is 6.07 Å². The van der Waals surface area contributed by atoms with Gasteiger partial charge in [0, 0.05) is 34.7 Å². The number of anilines is 1. The minimum atomic E-state index is -0.409. The van der Waals surface area contributed by atoms with Crippen LogP contribution in [-0.4, -0.2) is 34.9 Å². The van der Waals surface area contributed by atoms with Gasteiger partial charge < -0.3 is 15.2 Å². The predicted octanol–water partition coefficient (Wildman–Crippen LogP) is 2.89. The van der Waals surface area contributed by atoms with Crippen molar-refractivity contribution in [2.75, 3.05) is 19.4 Å². The Labute approximate surface area is 149 Å². The second-order valence-corrected chi connectivity index (χ2v) is 6.41. The number of fused-ring (bicyclic) bond motifs is 1. The highest BCUT2D eigenvalue weighted by molar-refractivity contribution is 6.31. The lowest BCUT2D eigenvalue weighted by molar-refractivity contribution is 0.102. The van der Waals surface area contributed by atoms with Gasteiger partial charge in [0.1, 0.15) is 5.82 Å². The quantitative estimate of drug-likeness (QED) is 0.753. The molecule has 0 saturated carbocycles. The van der Waals surface area contributed by atoms with E-state index in [0.717, 1.165) is 12.1 Å². The third-order valence-electron chi connectivity index (χ3n) is 3.61. The van der Waals surface area contributed by atoms with Gasteiger partial charge in [0.05, 0.1) is 5.56 Å². The lowest BCUT2D eigenvalue weighted by Crippen LogP contribution is -2.18. The maximum Gasteiger partial charge on any atom is 0.257 e. The van der Waals surface area contributed by atoms with Crippen molar-refractivity contribution in [1.29, 1.82) is 0 Å². The van der Waals surface area contributed by atoms with Crippen LogP contribution in [0.1, 0.15) is 15.9 Å². The molecule has 3 rings (SSSR count). The maximum atomic E-state index is 12.7. The molecule has 0 unspecified atom stereocenters. The number of nitrogens with one attached hydrogen (secondary N) is 2. The number of amides is 1. The van der Waals surface area contributed by atoms with E-state index in [0.29, 0.717) is 21.7 Å². The SMILES string of the molecule is CN(C)Cc1ccnc(NC(=O)c2cc(=O)[nH]c3ccc(Cl)cc23)c1. The van der Waals surface area contributed by atoms with E-state index in [-0.39, 0.29) is 11.1 Å². The van der Waals surface area contributed by atoms with E-state index in [1.54, 1.807) is 30.5 Å². The van der Waals surface area contributed by atoms with Crippen LogP contribution >= 0.6 is 11.6 Å². The van der Waals surface area contributed by atoms with E-state index >= 15 is 0 Å². The summed E-state index contributed by atoms with van der Waals surface area (Å²) >= 11 is 6.02. The summed E-state index contributed by atoms with van der Waals surface area (Å²) in [6.07, 6.45) is 1.64. The Kier molecular flexibility index (Phi) is 4.83. The second-order valence-electron chi connectivity index (χ2n) is 5.98. The second kappa shape index (κ2) is 7.04. The van der Waals surface area contributed by atoms with Crippen molar-refractivity contribution in [3.05, 3.63) is 69.1 Å². The molecule has 0 saturated heterocycles. The normalized spacial score (nSPS) is 11.0. The van der Waals surface area contributed by atoms with Crippen LogP contribution < -0.4 is 10.9 Å². The largest absolute Gasteiger partial charge is 0.322 e. The molecular weight excluding hydrogens is 340 g/mol. The molecule has 0 bridgehead atoms. The molecule has 1 aromatic carbocycles. The molecule has 1 amide bonds. The third kappa shape index (κ3) is 4.04. The molecule has 7 heteroatoms. The lowest BCUT2D eigenvalue weighted by atomic mass is 10.1. The molecule has 25 heavy (non-hydrogen) atoms. The predicted molar refractivity (Wildman–Crippen MR) is 99.2 cm³/mol. The number of carbonyl (C=O) groups is 1. The smallest absolute Gasteiger partial charge is 0.257 e. The summed E-state index contributed by atoms with van der Waals surface area (Å²) in [5.41, 5.74) is 1.47. The van der Waals surface area contributed by atoms with Gasteiger partial charge in [-0.15, -0.1) is 0 Å². The van der Waals surface area contributed by atoms with Crippen LogP contribution in [-0.2, 0) is 6.54 Å². The number of aromatic amines is 1. The average Bonchev–Trinajstić information content (AvgIpc) is 2.54. The fourth-order valence-corrected chi connectivity index (χ4v) is 2.78. The van der Waals surface area contributed by atoms with E-state index in [4.69, 9.17) is 11.6 Å². The van der Waals surface area contributed by atoms with Gasteiger partial charge >= 0.3 is 0 Å². The van der Waals surface area contributed by atoms with Crippen LogP contribution in [0.4, 0.5) is 5.82 Å². The van der Waals surface area contributed by atoms with E-state index in [2.05, 4.69) is 15.3 Å². The Balaban J connectivity index is 1.95. The summed E-state index contributed by atoms with van der Waals surface area (Å²) < 4.78 is 0. The molecular formula is C18H17ClN4O2. The van der Waals surface area contributed by atoms with Crippen LogP contribution in [0, 0.1) is 0 Å². The van der Waals surface area contributed by atoms with E-state index < -0.39 is 5.91 Å². The third-order valence-corrected chi connectivity index (χ3v) is 3.85. The van der Waals surface area contributed by atoms with Crippen LogP contribution in [0.5, 0.6) is 0 Å². The van der Waals surface area contributed by atoms with Crippen molar-refractivity contribution < 1.29 is 4.79 Å². The van der Waals surface area contributed by atoms with Crippen LogP contribution in [0.3, 0.4) is 0 Å². The van der Waals surface area contributed by atoms with Gasteiger partial charge in [0.15, 0.2) is 0 Å². The fraction of sp³-hybridized carbons (Fsp3) is 0.167. The van der Waals surface area contributed by atoms with Crippen molar-refractivity contribution >= 4 is 34.2 Å². The number of halogens is 1. The first-order valence-corrected chi connectivity index (χ1v) is 8.04. The van der Waals surface area contributed by atoms with Gasteiger partial charge in [-0.05, 0) is 50.0 Å². The van der Waals surface area contributed by atoms with Gasteiger partial charge in [-0.3, -0.25) is 9.59 Å². The molecule has 0 atom stereocenters. The number of H-pyrrole nitrogens is 1. The molecule has 0 aliphatic carbocycles. The minimum absolute atomic E-state index is 0.251. The summed E-state index contributed by atoms with van der Waals surface area (Å²) in [5.74, 6) is 0.0210. The van der Waals surface area contributed by atoms with E-state index in [1.807, 2.05) is 25.1 Å². The molecule has 0 aliphatic rings. The molecule has 3 aromatic rings. The molecule has 128 valence electrons. The van der Waals surface area contributed by atoms with Crippen molar-refractivity contribution in [2.45, 2.75) is 6.54 Å². The van der Waals surface area contributed by atoms with Crippen molar-refractivity contribution in [3.63, 3.8) is 0 Å². The zero-order valence-electron chi connectivity index (χ0n) is 13.8. The molecule has 0 radical (unpaired) electrons. The Morgan fingerprint density at radius 2 is 2.04 bits per heavy atom. The number of benzene rings is 1. The van der Waals surface area contributed by atoms with Gasteiger partial charge in [0.2, 0.25) is 5.56 Å². The monoisotopic (exact) mass is 356 g/mol. The maximum absolute atomic E-state index is 12.7. The molecule has 2 heterocycles. The standard InChI is InChI=1S/C18H17ClN4O2/c1-23(2)10-11-5-6-20-16(7-11)22-18(25)14-9-17(24)21-15-4-3-12(19)8-13(14)15/h3-9H,10H2,1-2H3,(H,21,24)(H,20,22,25). The Morgan fingerprint density at radius 1 is 1.24 bits per heavy atom. The van der Waals surface area contributed by atoms with Gasteiger partial charge in [-0.25, -0.2) is 4.98 Å². The molecule has 0 spiro atoms. The molecule has 6 nitrogen and oxygen atoms in total. The molecule has 0 fully saturated rings. The summed E-state index contributed by atoms with van der Waals surface area (Å²) in [5, 5.41) is 3.81. The number of hydrogen-bond acceptors (Lipinski definition) is 4. The zero-order valence-corrected chi connectivity index (χ0v) is 14.6. The minimum Gasteiger partial charge on any atom is -0.322 e. The molecule has 0 aliphatic heterocycles. The Morgan fingerprint density at radius 3 is 2.80 bits per heavy atom. The van der Waals surface area contributed by atoms with Crippen LogP contribution in [0.2, 0.25) is 5.02 Å². The highest BCUT2D eigenvalue weighted by atomic mass is 35.5. The highest BCUT2D eigenvalue weighted by Crippen LogP contribution is 2.21. The van der Waals surface area contributed by atoms with Crippen LogP contribution in [0.25, 0.3) is 10.9 Å². The van der Waals surface area contributed by atoms with Crippen LogP contribution in [0.15, 0.2) is 47.4 Å². The van der Waals surface area contributed by atoms with E-state index in [9.17, 15) is 9.59 Å². The van der Waals surface area contributed by atoms with Crippen molar-refractivity contribution in [2.24, 2.45) is 0 Å². The average molecular weight is 357 g/mol. The summed E-state index contributed by atoms with van der Waals surface area (Å²) in [7, 11) is 3.93. The number of nitrogens with zero attached hydrogens (tertiary/aromatic N) is 2. The van der Waals surface area contributed by atoms with Gasteiger partial charge in [-0.2, -0.15) is 0 Å². The highest BCUT2D eigenvalue weighted by Gasteiger charge is 2.13.